The molecule has 15 N–H and O–H groups in total. The van der Waals surface area contributed by atoms with Crippen molar-refractivity contribution in [1.29, 1.82) is 0 Å². The summed E-state index contributed by atoms with van der Waals surface area (Å²) in [4.78, 5) is 150. The summed E-state index contributed by atoms with van der Waals surface area (Å²) in [6.45, 7) is 1.16. The van der Waals surface area contributed by atoms with Gasteiger partial charge in [-0.2, -0.15) is 10.2 Å². The molecule has 11 rings (SSSR count). The summed E-state index contributed by atoms with van der Waals surface area (Å²) in [5.74, 6) is -9.02. The van der Waals surface area contributed by atoms with Gasteiger partial charge in [0.1, 0.15) is 23.0 Å². The minimum Gasteiger partial charge on any atom is -0.506 e. The van der Waals surface area contributed by atoms with Crippen molar-refractivity contribution in [1.82, 2.24) is 67.0 Å². The Morgan fingerprint density at radius 2 is 0.757 bits per heavy atom. The van der Waals surface area contributed by atoms with Crippen LogP contribution in [0.5, 0.6) is 23.0 Å². The lowest BCUT2D eigenvalue weighted by atomic mass is 10.1. The number of anilines is 3. The van der Waals surface area contributed by atoms with E-state index < -0.39 is 82.7 Å². The molecule has 0 saturated heterocycles. The maximum atomic E-state index is 15.1. The molecule has 4 heterocycles. The quantitative estimate of drug-likeness (QED) is 0.0448. The number of phenolic OH excluding ortho intramolecular Hbond substituents is 4. The van der Waals surface area contributed by atoms with E-state index in [1.165, 1.54) is 77.7 Å². The van der Waals surface area contributed by atoms with E-state index in [1.807, 2.05) is 43.7 Å². The molecule has 12 bridgehead atoms. The first-order chi connectivity index (χ1) is 53.7. The minimum atomic E-state index is -0.813. The summed E-state index contributed by atoms with van der Waals surface area (Å²) < 4.78 is 5.94. The molecule has 0 saturated carbocycles. The Balaban J connectivity index is 0.885. The fourth-order valence-electron chi connectivity index (χ4n) is 12.5. The van der Waals surface area contributed by atoms with Crippen molar-refractivity contribution < 1.29 is 73.1 Å². The number of ether oxygens (including phenoxy) is 1. The van der Waals surface area contributed by atoms with Crippen LogP contribution in [0.4, 0.5) is 28.4 Å². The first kappa shape index (κ1) is 81.0. The van der Waals surface area contributed by atoms with E-state index in [1.54, 1.807) is 60.7 Å². The number of hydrogen-bond acceptors (Lipinski definition) is 23. The second-order valence-electron chi connectivity index (χ2n) is 26.4. The molecule has 0 aliphatic carbocycles. The lowest BCUT2D eigenvalue weighted by Crippen LogP contribution is -2.48. The number of benzene rings is 7. The highest BCUT2D eigenvalue weighted by molar-refractivity contribution is 6.08. The molecule has 0 fully saturated rings. The monoisotopic (exact) mass is 1520 g/mol. The van der Waals surface area contributed by atoms with Gasteiger partial charge in [0.05, 0.1) is 87.0 Å². The lowest BCUT2D eigenvalue weighted by molar-refractivity contribution is -0.122. The van der Waals surface area contributed by atoms with Crippen LogP contribution in [0.3, 0.4) is 0 Å². The molecular weight excluding hydrogens is 1430 g/mol. The number of carbonyl (C=O) groups is 10. The van der Waals surface area contributed by atoms with Crippen LogP contribution in [0.15, 0.2) is 156 Å². The Hall–Kier alpha value is -12.6. The number of phenols is 4. The number of nitrogens with two attached hydrogens (primary N) is 1. The molecule has 33 heteroatoms. The first-order valence-electron chi connectivity index (χ1n) is 36.5. The SMILES string of the molecule is CN(CCOCCNC(=O)CN1CCN2CCNC(=O)c3cccc(c3O)C(=O)NCCN(CCNC(=O)c3cccc(c3O)C1=O)CCN1CCNC(=O)c3cccc(c3O)C(=O)NCCN(CCNC(=O)c3cccc(c3O)C(=O)NCC1)CC2)c1ccc(/N=N/c2ccc(C(=O)Nc3ccccc3N)cc2)cc1. The third-order valence-electron chi connectivity index (χ3n) is 18.9. The van der Waals surface area contributed by atoms with Gasteiger partial charge in [0, 0.05) is 162 Å². The number of rotatable bonds is 13. The van der Waals surface area contributed by atoms with Gasteiger partial charge in [0.15, 0.2) is 0 Å². The molecular formula is C78H92N18O15. The maximum Gasteiger partial charge on any atom is 0.258 e. The van der Waals surface area contributed by atoms with Crippen LogP contribution in [-0.4, -0.2) is 275 Å². The van der Waals surface area contributed by atoms with Crippen LogP contribution in [0.1, 0.15) is 93.2 Å². The van der Waals surface area contributed by atoms with Gasteiger partial charge in [-0.3, -0.25) is 67.5 Å². The fourth-order valence-corrected chi connectivity index (χ4v) is 12.5. The van der Waals surface area contributed by atoms with E-state index in [0.29, 0.717) is 34.9 Å². The van der Waals surface area contributed by atoms with E-state index in [2.05, 4.69) is 58.1 Å². The molecule has 4 aliphatic rings. The van der Waals surface area contributed by atoms with E-state index in [9.17, 15) is 63.6 Å². The van der Waals surface area contributed by atoms with Gasteiger partial charge in [0.2, 0.25) is 5.91 Å². The average molecular weight is 1520 g/mol. The van der Waals surface area contributed by atoms with Gasteiger partial charge in [-0.15, -0.1) is 0 Å². The molecule has 7 aromatic rings. The number of azo groups is 1. The zero-order valence-corrected chi connectivity index (χ0v) is 61.5. The number of carbonyl (C=O) groups excluding carboxylic acids is 10. The van der Waals surface area contributed by atoms with E-state index >= 15 is 4.79 Å². The second kappa shape index (κ2) is 40.0. The van der Waals surface area contributed by atoms with Gasteiger partial charge in [-0.05, 0) is 109 Å². The molecule has 2 atom stereocenters. The van der Waals surface area contributed by atoms with E-state index in [-0.39, 0.29) is 201 Å². The van der Waals surface area contributed by atoms with Crippen molar-refractivity contribution in [2.24, 2.45) is 10.2 Å². The molecule has 111 heavy (non-hydrogen) atoms. The van der Waals surface area contributed by atoms with Crippen LogP contribution in [-0.2, 0) is 9.53 Å². The highest BCUT2D eigenvalue weighted by Crippen LogP contribution is 2.29. The van der Waals surface area contributed by atoms with E-state index in [0.717, 1.165) is 5.69 Å². The normalized spacial score (nSPS) is 18.7. The second-order valence-corrected chi connectivity index (χ2v) is 26.4. The number of nitrogen functional groups attached to an aromatic ring is 1. The zero-order valence-electron chi connectivity index (χ0n) is 61.5. The molecule has 2 unspecified atom stereocenters. The zero-order chi connectivity index (χ0) is 78.8. The standard InChI is InChI=1S/C78H92N18O15/c1-91(54-24-22-53(23-25-54)90-89-52-20-18-51(19-21-52)70(102)88-64-17-3-2-16-63(64)79)47-49-111-48-33-80-65(97)50-96-46-45-95-40-32-87-76(108)60-13-6-12-59(68(60)100)73(105)83-28-36-93(37-31-86-77(109)61-14-7-15-62(69(61)101)78(96)110)42-41-92-34-26-81-71(103)55-8-4-10-57(66(55)98)74(106)84-29-38-94(43-44-95)39-30-85-75(107)58-11-5-9-56(67(58)99)72(104)82-27-35-92/h2-25,98-101H,26-50,79H2,1H3,(H,80,97)(H,81,103)(H,82,104)(H,83,105)(H,84,106)(H,85,107)(H,86,109)(H,87,108)(H,88,102)/b90-89+. The summed E-state index contributed by atoms with van der Waals surface area (Å²) in [5, 5.41) is 80.4. The van der Waals surface area contributed by atoms with Gasteiger partial charge < -0.3 is 88.5 Å². The van der Waals surface area contributed by atoms with Crippen molar-refractivity contribution in [2.75, 3.05) is 187 Å². The predicted molar refractivity (Wildman–Crippen MR) is 413 cm³/mol. The molecule has 7 aromatic carbocycles. The van der Waals surface area contributed by atoms with Crippen LogP contribution in [0.25, 0.3) is 0 Å². The molecule has 584 valence electrons. The molecule has 33 nitrogen and oxygen atoms in total. The van der Waals surface area contributed by atoms with E-state index in [4.69, 9.17) is 10.5 Å². The van der Waals surface area contributed by atoms with Gasteiger partial charge in [-0.25, -0.2) is 0 Å². The highest BCUT2D eigenvalue weighted by Gasteiger charge is 2.29. The molecule has 4 aliphatic heterocycles. The first-order valence-corrected chi connectivity index (χ1v) is 36.5. The molecule has 0 aromatic heterocycles. The third kappa shape index (κ3) is 22.8. The largest absolute Gasteiger partial charge is 0.506 e. The van der Waals surface area contributed by atoms with Crippen molar-refractivity contribution in [3.8, 4) is 23.0 Å². The van der Waals surface area contributed by atoms with Crippen LogP contribution in [0, 0.1) is 0 Å². The van der Waals surface area contributed by atoms with Crippen molar-refractivity contribution in [3.63, 3.8) is 0 Å². The number of fused-ring (bicyclic) bond motifs is 16. The maximum absolute atomic E-state index is 15.1. The van der Waals surface area contributed by atoms with Crippen LogP contribution >= 0.6 is 0 Å². The van der Waals surface area contributed by atoms with Gasteiger partial charge >= 0.3 is 0 Å². The number of hydrogen-bond donors (Lipinski definition) is 14. The van der Waals surface area contributed by atoms with Crippen molar-refractivity contribution >= 4 is 87.5 Å². The smallest absolute Gasteiger partial charge is 0.258 e. The summed E-state index contributed by atoms with van der Waals surface area (Å²) in [7, 11) is 1.88. The Kier molecular flexibility index (Phi) is 29.2. The topological polar surface area (TPSA) is 439 Å². The number of para-hydroxylation sites is 6. The Labute approximate surface area is 640 Å². The summed E-state index contributed by atoms with van der Waals surface area (Å²) >= 11 is 0. The van der Waals surface area contributed by atoms with Crippen LogP contribution < -0.4 is 58.5 Å². The Morgan fingerprint density at radius 3 is 1.14 bits per heavy atom. The van der Waals surface area contributed by atoms with Crippen molar-refractivity contribution in [3.05, 3.63) is 196 Å². The van der Waals surface area contributed by atoms with Crippen molar-refractivity contribution in [2.45, 2.75) is 0 Å². The summed E-state index contributed by atoms with van der Waals surface area (Å²) in [6.07, 6.45) is 0. The lowest BCUT2D eigenvalue weighted by Gasteiger charge is -2.30. The van der Waals surface area contributed by atoms with Gasteiger partial charge in [-0.1, -0.05) is 36.4 Å². The predicted octanol–water partition coefficient (Wildman–Crippen LogP) is 2.93. The highest BCUT2D eigenvalue weighted by atomic mass is 16.5. The summed E-state index contributed by atoms with van der Waals surface area (Å²) in [6, 6.07) is 37.7. The number of aromatic hydroxyl groups is 4. The molecule has 0 spiro atoms. The minimum absolute atomic E-state index is 0.0131. The fraction of sp³-hybridized carbons (Fsp3) is 0.333. The average Bonchev–Trinajstić information content (AvgIpc) is 0.823. The summed E-state index contributed by atoms with van der Waals surface area (Å²) in [5.41, 5.74) is 7.71. The Bertz CT molecular complexity index is 4440. The number of nitrogens with one attached hydrogen (secondary N) is 9. The Morgan fingerprint density at radius 1 is 0.423 bits per heavy atom. The molecule has 0 radical (unpaired) electrons. The number of amides is 10. The van der Waals surface area contributed by atoms with Gasteiger partial charge in [0.25, 0.3) is 53.2 Å². The van der Waals surface area contributed by atoms with Crippen LogP contribution in [0.2, 0.25) is 0 Å². The number of likely N-dealkylation sites (N-methyl/N-ethyl adjacent to an activating group) is 1. The number of nitrogens with zero attached hydrogens (tertiary/aromatic N) is 8. The molecule has 10 amide bonds. The third-order valence-corrected chi connectivity index (χ3v) is 18.9.